The Morgan fingerprint density at radius 2 is 2.18 bits per heavy atom. The molecule has 1 aromatic rings. The molecule has 1 aromatic carbocycles. The Labute approximate surface area is 135 Å². The molecule has 0 saturated carbocycles. The molecule has 0 bridgehead atoms. The van der Waals surface area contributed by atoms with Crippen LogP contribution in [0.4, 0.5) is 0 Å². The smallest absolute Gasteiger partial charge is 0.255 e. The summed E-state index contributed by atoms with van der Waals surface area (Å²) in [4.78, 5) is 27.0. The molecule has 1 aliphatic heterocycles. The van der Waals surface area contributed by atoms with Crippen LogP contribution in [-0.4, -0.2) is 49.6 Å². The first-order valence-electron chi connectivity index (χ1n) is 7.26. The number of benzene rings is 1. The third kappa shape index (κ3) is 2.71. The SMILES string of the molecule is CNC(=O)C1(COC)CCCN1C(=O)c1cccc(Cl)c1C. The summed E-state index contributed by atoms with van der Waals surface area (Å²) in [7, 11) is 3.11. The Hall–Kier alpha value is -1.59. The Bertz CT molecular complexity index is 591. The summed E-state index contributed by atoms with van der Waals surface area (Å²) < 4.78 is 5.24. The largest absolute Gasteiger partial charge is 0.382 e. The molecular formula is C16H21ClN2O3. The van der Waals surface area contributed by atoms with Crippen LogP contribution in [0, 0.1) is 6.92 Å². The van der Waals surface area contributed by atoms with Gasteiger partial charge in [-0.25, -0.2) is 0 Å². The van der Waals surface area contributed by atoms with Crippen LogP contribution in [0.25, 0.3) is 0 Å². The number of rotatable bonds is 4. The zero-order chi connectivity index (χ0) is 16.3. The van der Waals surface area contributed by atoms with Crippen molar-refractivity contribution in [3.63, 3.8) is 0 Å². The number of amides is 2. The third-order valence-electron chi connectivity index (χ3n) is 4.26. The monoisotopic (exact) mass is 324 g/mol. The number of likely N-dealkylation sites (N-methyl/N-ethyl adjacent to an activating group) is 1. The molecule has 120 valence electrons. The summed E-state index contributed by atoms with van der Waals surface area (Å²) in [5.74, 6) is -0.377. The van der Waals surface area contributed by atoms with Gasteiger partial charge >= 0.3 is 0 Å². The highest BCUT2D eigenvalue weighted by Crippen LogP contribution is 2.33. The second-order valence-corrected chi connectivity index (χ2v) is 5.92. The summed E-state index contributed by atoms with van der Waals surface area (Å²) in [5.41, 5.74) is 0.304. The van der Waals surface area contributed by atoms with E-state index in [0.717, 1.165) is 12.0 Å². The van der Waals surface area contributed by atoms with Crippen LogP contribution in [0.3, 0.4) is 0 Å². The van der Waals surface area contributed by atoms with E-state index in [4.69, 9.17) is 16.3 Å². The highest BCUT2D eigenvalue weighted by Gasteiger charge is 2.49. The molecule has 1 fully saturated rings. The van der Waals surface area contributed by atoms with Crippen LogP contribution in [0.15, 0.2) is 18.2 Å². The van der Waals surface area contributed by atoms with Gasteiger partial charge in [-0.2, -0.15) is 0 Å². The van der Waals surface area contributed by atoms with E-state index < -0.39 is 5.54 Å². The quantitative estimate of drug-likeness (QED) is 0.921. The van der Waals surface area contributed by atoms with Crippen molar-refractivity contribution in [3.8, 4) is 0 Å². The summed E-state index contributed by atoms with van der Waals surface area (Å²) in [6, 6.07) is 5.23. The average molecular weight is 325 g/mol. The lowest BCUT2D eigenvalue weighted by atomic mass is 9.94. The molecule has 2 rings (SSSR count). The van der Waals surface area contributed by atoms with Gasteiger partial charge in [0.2, 0.25) is 5.91 Å². The predicted octanol–water partition coefficient (Wildman–Crippen LogP) is 2.02. The Morgan fingerprint density at radius 1 is 1.45 bits per heavy atom. The Balaban J connectivity index is 2.42. The number of hydrogen-bond donors (Lipinski definition) is 1. The van der Waals surface area contributed by atoms with Gasteiger partial charge in [0.05, 0.1) is 6.61 Å². The molecule has 0 radical (unpaired) electrons. The number of nitrogens with one attached hydrogen (secondary N) is 1. The van der Waals surface area contributed by atoms with E-state index in [1.54, 1.807) is 30.1 Å². The van der Waals surface area contributed by atoms with Gasteiger partial charge in [-0.3, -0.25) is 9.59 Å². The standard InChI is InChI=1S/C16H21ClN2O3/c1-11-12(6-4-7-13(11)17)14(20)19-9-5-8-16(19,10-22-3)15(21)18-2/h4,6-7H,5,8-10H2,1-3H3,(H,18,21). The fourth-order valence-electron chi connectivity index (χ4n) is 3.08. The lowest BCUT2D eigenvalue weighted by Gasteiger charge is -2.36. The van der Waals surface area contributed by atoms with E-state index in [1.165, 1.54) is 7.11 Å². The van der Waals surface area contributed by atoms with Gasteiger partial charge in [-0.15, -0.1) is 0 Å². The maximum absolute atomic E-state index is 13.0. The summed E-state index contributed by atoms with van der Waals surface area (Å²) in [6.07, 6.45) is 1.36. The molecule has 0 aromatic heterocycles. The summed E-state index contributed by atoms with van der Waals surface area (Å²) in [5, 5.41) is 3.20. The fourth-order valence-corrected chi connectivity index (χ4v) is 3.26. The number of likely N-dealkylation sites (tertiary alicyclic amines) is 1. The van der Waals surface area contributed by atoms with Gasteiger partial charge in [-0.1, -0.05) is 17.7 Å². The lowest BCUT2D eigenvalue weighted by Crippen LogP contribution is -2.59. The van der Waals surface area contributed by atoms with Gasteiger partial charge in [0, 0.05) is 31.3 Å². The van der Waals surface area contributed by atoms with Crippen LogP contribution in [0.1, 0.15) is 28.8 Å². The fraction of sp³-hybridized carbons (Fsp3) is 0.500. The number of ether oxygens (including phenoxy) is 1. The van der Waals surface area contributed by atoms with E-state index in [9.17, 15) is 9.59 Å². The molecule has 1 unspecified atom stereocenters. The van der Waals surface area contributed by atoms with Crippen LogP contribution >= 0.6 is 11.6 Å². The highest BCUT2D eigenvalue weighted by atomic mass is 35.5. The molecular weight excluding hydrogens is 304 g/mol. The molecule has 6 heteroatoms. The van der Waals surface area contributed by atoms with Crippen molar-refractivity contribution in [1.29, 1.82) is 0 Å². The summed E-state index contributed by atoms with van der Waals surface area (Å²) >= 11 is 6.11. The molecule has 0 spiro atoms. The molecule has 5 nitrogen and oxygen atoms in total. The maximum Gasteiger partial charge on any atom is 0.255 e. The van der Waals surface area contributed by atoms with Crippen LogP contribution in [-0.2, 0) is 9.53 Å². The number of hydrogen-bond acceptors (Lipinski definition) is 3. The molecule has 1 heterocycles. The summed E-state index contributed by atoms with van der Waals surface area (Å²) in [6.45, 7) is 2.52. The van der Waals surface area contributed by atoms with Crippen molar-refractivity contribution in [2.75, 3.05) is 27.3 Å². The normalized spacial score (nSPS) is 21.0. The van der Waals surface area contributed by atoms with Gasteiger partial charge in [0.25, 0.3) is 5.91 Å². The van der Waals surface area contributed by atoms with Gasteiger partial charge in [0.15, 0.2) is 0 Å². The number of nitrogens with zero attached hydrogens (tertiary/aromatic N) is 1. The van der Waals surface area contributed by atoms with E-state index in [1.807, 2.05) is 6.92 Å². The first kappa shape index (κ1) is 16.8. The van der Waals surface area contributed by atoms with Gasteiger partial charge < -0.3 is 15.0 Å². The van der Waals surface area contributed by atoms with Gasteiger partial charge in [-0.05, 0) is 37.5 Å². The Morgan fingerprint density at radius 3 is 2.82 bits per heavy atom. The number of methoxy groups -OCH3 is 1. The first-order chi connectivity index (χ1) is 10.5. The molecule has 1 aliphatic rings. The number of carbonyl (C=O) groups excluding carboxylic acids is 2. The second-order valence-electron chi connectivity index (χ2n) is 5.52. The maximum atomic E-state index is 13.0. The zero-order valence-corrected chi connectivity index (χ0v) is 13.9. The average Bonchev–Trinajstić information content (AvgIpc) is 2.93. The van der Waals surface area contributed by atoms with Crippen LogP contribution in [0.5, 0.6) is 0 Å². The van der Waals surface area contributed by atoms with Crippen LogP contribution < -0.4 is 5.32 Å². The minimum absolute atomic E-state index is 0.179. The number of carbonyl (C=O) groups is 2. The van der Waals surface area contributed by atoms with Crippen molar-refractivity contribution < 1.29 is 14.3 Å². The zero-order valence-electron chi connectivity index (χ0n) is 13.1. The topological polar surface area (TPSA) is 58.6 Å². The minimum atomic E-state index is -0.949. The van der Waals surface area contributed by atoms with Crippen molar-refractivity contribution in [3.05, 3.63) is 34.3 Å². The van der Waals surface area contributed by atoms with E-state index in [0.29, 0.717) is 23.6 Å². The van der Waals surface area contributed by atoms with E-state index >= 15 is 0 Å². The molecule has 1 N–H and O–H groups in total. The third-order valence-corrected chi connectivity index (χ3v) is 4.67. The second kappa shape index (κ2) is 6.67. The number of halogens is 1. The molecule has 0 aliphatic carbocycles. The molecule has 2 amide bonds. The van der Waals surface area contributed by atoms with E-state index in [2.05, 4.69) is 5.32 Å². The molecule has 1 atom stereocenters. The molecule has 1 saturated heterocycles. The Kier molecular flexibility index (Phi) is 5.08. The van der Waals surface area contributed by atoms with Crippen LogP contribution in [0.2, 0.25) is 5.02 Å². The first-order valence-corrected chi connectivity index (χ1v) is 7.64. The van der Waals surface area contributed by atoms with Crippen molar-refractivity contribution in [2.45, 2.75) is 25.3 Å². The lowest BCUT2D eigenvalue weighted by molar-refractivity contribution is -0.133. The van der Waals surface area contributed by atoms with E-state index in [-0.39, 0.29) is 18.4 Å². The molecule has 22 heavy (non-hydrogen) atoms. The van der Waals surface area contributed by atoms with Crippen molar-refractivity contribution >= 4 is 23.4 Å². The predicted molar refractivity (Wildman–Crippen MR) is 85.1 cm³/mol. The van der Waals surface area contributed by atoms with Crippen molar-refractivity contribution in [2.24, 2.45) is 0 Å². The highest BCUT2D eigenvalue weighted by molar-refractivity contribution is 6.31. The van der Waals surface area contributed by atoms with Gasteiger partial charge in [0.1, 0.15) is 5.54 Å². The minimum Gasteiger partial charge on any atom is -0.382 e. The van der Waals surface area contributed by atoms with Crippen molar-refractivity contribution in [1.82, 2.24) is 10.2 Å².